The number of nitrogens with one attached hydrogen (secondary N) is 1. The number of aliphatic hydroxyl groups is 1. The Labute approximate surface area is 119 Å². The molecular weight excluding hydrogens is 312 g/mol. The minimum atomic E-state index is 0.0777. The van der Waals surface area contributed by atoms with Crippen molar-refractivity contribution in [2.75, 3.05) is 11.9 Å². The molecular formula is C13H15BrN2OS. The van der Waals surface area contributed by atoms with Crippen LogP contribution in [-0.4, -0.2) is 22.7 Å². The maximum atomic E-state index is 9.15. The molecule has 2 aromatic rings. The largest absolute Gasteiger partial charge is 0.394 e. The monoisotopic (exact) mass is 326 g/mol. The van der Waals surface area contributed by atoms with Gasteiger partial charge in [0.2, 0.25) is 0 Å². The van der Waals surface area contributed by atoms with Gasteiger partial charge in [0.1, 0.15) is 0 Å². The van der Waals surface area contributed by atoms with Crippen molar-refractivity contribution >= 4 is 32.4 Å². The molecule has 1 atom stereocenters. The van der Waals surface area contributed by atoms with Crippen molar-refractivity contribution in [1.29, 1.82) is 0 Å². The van der Waals surface area contributed by atoms with E-state index >= 15 is 0 Å². The zero-order valence-corrected chi connectivity index (χ0v) is 12.5. The first-order valence-electron chi connectivity index (χ1n) is 5.81. The van der Waals surface area contributed by atoms with E-state index in [0.717, 1.165) is 27.3 Å². The van der Waals surface area contributed by atoms with Gasteiger partial charge in [-0.2, -0.15) is 0 Å². The van der Waals surface area contributed by atoms with Crippen LogP contribution in [0.3, 0.4) is 0 Å². The molecule has 1 heterocycles. The standard InChI is InChI=1S/C13H15BrN2OS/c1-2-11(7-17)15-13-16-12(8-18-13)9-3-5-10(14)6-4-9/h3-6,8,11,17H,2,7H2,1H3,(H,15,16). The fourth-order valence-electron chi connectivity index (χ4n) is 1.54. The maximum Gasteiger partial charge on any atom is 0.183 e. The molecule has 0 aliphatic rings. The molecule has 0 aliphatic heterocycles. The molecule has 0 saturated heterocycles. The van der Waals surface area contributed by atoms with Crippen LogP contribution in [0.15, 0.2) is 34.1 Å². The summed E-state index contributed by atoms with van der Waals surface area (Å²) >= 11 is 4.98. The summed E-state index contributed by atoms with van der Waals surface area (Å²) in [5.74, 6) is 0. The second-order valence-corrected chi connectivity index (χ2v) is 5.75. The van der Waals surface area contributed by atoms with Gasteiger partial charge in [0, 0.05) is 15.4 Å². The van der Waals surface area contributed by atoms with Crippen molar-refractivity contribution in [3.8, 4) is 11.3 Å². The molecule has 2 N–H and O–H groups in total. The Hall–Kier alpha value is -0.910. The summed E-state index contributed by atoms with van der Waals surface area (Å²) in [5, 5.41) is 15.3. The highest BCUT2D eigenvalue weighted by Gasteiger charge is 2.08. The summed E-state index contributed by atoms with van der Waals surface area (Å²) in [4.78, 5) is 4.53. The van der Waals surface area contributed by atoms with E-state index in [2.05, 4.69) is 26.2 Å². The van der Waals surface area contributed by atoms with Gasteiger partial charge < -0.3 is 10.4 Å². The highest BCUT2D eigenvalue weighted by molar-refractivity contribution is 9.10. The van der Waals surface area contributed by atoms with Gasteiger partial charge in [-0.3, -0.25) is 0 Å². The molecule has 1 unspecified atom stereocenters. The summed E-state index contributed by atoms with van der Waals surface area (Å²) in [6.07, 6.45) is 0.879. The first-order valence-corrected chi connectivity index (χ1v) is 7.49. The third-order valence-corrected chi connectivity index (χ3v) is 3.99. The van der Waals surface area contributed by atoms with E-state index in [4.69, 9.17) is 5.11 Å². The summed E-state index contributed by atoms with van der Waals surface area (Å²) in [6.45, 7) is 2.17. The second kappa shape index (κ2) is 6.31. The minimum absolute atomic E-state index is 0.0777. The van der Waals surface area contributed by atoms with Crippen LogP contribution in [-0.2, 0) is 0 Å². The van der Waals surface area contributed by atoms with Crippen molar-refractivity contribution in [2.45, 2.75) is 19.4 Å². The predicted molar refractivity (Wildman–Crippen MR) is 80.0 cm³/mol. The van der Waals surface area contributed by atoms with Gasteiger partial charge in [0.25, 0.3) is 0 Å². The maximum absolute atomic E-state index is 9.15. The Morgan fingerprint density at radius 1 is 1.39 bits per heavy atom. The molecule has 1 aromatic carbocycles. The average Bonchev–Trinajstić information content (AvgIpc) is 2.85. The zero-order chi connectivity index (χ0) is 13.0. The van der Waals surface area contributed by atoms with Crippen LogP contribution in [0.1, 0.15) is 13.3 Å². The lowest BCUT2D eigenvalue weighted by Crippen LogP contribution is -2.22. The van der Waals surface area contributed by atoms with Gasteiger partial charge in [-0.25, -0.2) is 4.98 Å². The lowest BCUT2D eigenvalue weighted by atomic mass is 10.2. The quantitative estimate of drug-likeness (QED) is 0.879. The van der Waals surface area contributed by atoms with E-state index in [0.29, 0.717) is 0 Å². The lowest BCUT2D eigenvalue weighted by Gasteiger charge is -2.12. The molecule has 18 heavy (non-hydrogen) atoms. The molecule has 0 spiro atoms. The zero-order valence-electron chi connectivity index (χ0n) is 10.1. The average molecular weight is 327 g/mol. The Balaban J connectivity index is 2.12. The summed E-state index contributed by atoms with van der Waals surface area (Å²) < 4.78 is 1.06. The number of rotatable bonds is 5. The number of aliphatic hydroxyl groups excluding tert-OH is 1. The SMILES string of the molecule is CCC(CO)Nc1nc(-c2ccc(Br)cc2)cs1. The van der Waals surface area contributed by atoms with E-state index in [1.54, 1.807) is 11.3 Å². The molecule has 96 valence electrons. The van der Waals surface area contributed by atoms with Gasteiger partial charge >= 0.3 is 0 Å². The molecule has 0 radical (unpaired) electrons. The number of thiazole rings is 1. The van der Waals surface area contributed by atoms with Crippen molar-refractivity contribution in [1.82, 2.24) is 4.98 Å². The van der Waals surface area contributed by atoms with Crippen molar-refractivity contribution in [3.63, 3.8) is 0 Å². The molecule has 1 aromatic heterocycles. The number of hydrogen-bond donors (Lipinski definition) is 2. The molecule has 0 bridgehead atoms. The van der Waals surface area contributed by atoms with Crippen LogP contribution in [0, 0.1) is 0 Å². The highest BCUT2D eigenvalue weighted by atomic mass is 79.9. The van der Waals surface area contributed by atoms with Crippen molar-refractivity contribution in [2.24, 2.45) is 0 Å². The topological polar surface area (TPSA) is 45.1 Å². The van der Waals surface area contributed by atoms with Crippen molar-refractivity contribution < 1.29 is 5.11 Å². The van der Waals surface area contributed by atoms with E-state index in [1.165, 1.54) is 0 Å². The van der Waals surface area contributed by atoms with Gasteiger partial charge in [0.15, 0.2) is 5.13 Å². The molecule has 2 rings (SSSR count). The Kier molecular flexibility index (Phi) is 4.74. The predicted octanol–water partition coefficient (Wildman–Crippen LogP) is 3.76. The van der Waals surface area contributed by atoms with Crippen LogP contribution in [0.2, 0.25) is 0 Å². The normalized spacial score (nSPS) is 12.4. The van der Waals surface area contributed by atoms with E-state index < -0.39 is 0 Å². The van der Waals surface area contributed by atoms with Gasteiger partial charge in [0.05, 0.1) is 18.3 Å². The molecule has 0 aliphatic carbocycles. The van der Waals surface area contributed by atoms with E-state index in [9.17, 15) is 0 Å². The van der Waals surface area contributed by atoms with Crippen LogP contribution in [0.5, 0.6) is 0 Å². The summed E-state index contributed by atoms with van der Waals surface area (Å²) in [7, 11) is 0. The molecule has 3 nitrogen and oxygen atoms in total. The van der Waals surface area contributed by atoms with E-state index in [1.807, 2.05) is 36.6 Å². The third-order valence-electron chi connectivity index (χ3n) is 2.68. The first kappa shape index (κ1) is 13.5. The lowest BCUT2D eigenvalue weighted by molar-refractivity contribution is 0.272. The van der Waals surface area contributed by atoms with Crippen LogP contribution in [0.25, 0.3) is 11.3 Å². The fourth-order valence-corrected chi connectivity index (χ4v) is 2.61. The second-order valence-electron chi connectivity index (χ2n) is 3.98. The van der Waals surface area contributed by atoms with Crippen molar-refractivity contribution in [3.05, 3.63) is 34.1 Å². The molecule has 0 amide bonds. The van der Waals surface area contributed by atoms with Crippen LogP contribution in [0.4, 0.5) is 5.13 Å². The van der Waals surface area contributed by atoms with Gasteiger partial charge in [-0.15, -0.1) is 11.3 Å². The summed E-state index contributed by atoms with van der Waals surface area (Å²) in [6, 6.07) is 8.15. The Morgan fingerprint density at radius 2 is 2.11 bits per heavy atom. The Morgan fingerprint density at radius 3 is 2.72 bits per heavy atom. The third kappa shape index (κ3) is 3.31. The number of halogens is 1. The van der Waals surface area contributed by atoms with E-state index in [-0.39, 0.29) is 12.6 Å². The molecule has 0 saturated carbocycles. The molecule has 5 heteroatoms. The highest BCUT2D eigenvalue weighted by Crippen LogP contribution is 2.26. The number of aromatic nitrogens is 1. The number of nitrogens with zero attached hydrogens (tertiary/aromatic N) is 1. The minimum Gasteiger partial charge on any atom is -0.394 e. The van der Waals surface area contributed by atoms with Crippen LogP contribution >= 0.6 is 27.3 Å². The summed E-state index contributed by atoms with van der Waals surface area (Å²) in [5.41, 5.74) is 2.06. The fraction of sp³-hybridized carbons (Fsp3) is 0.308. The van der Waals surface area contributed by atoms with Crippen LogP contribution < -0.4 is 5.32 Å². The Bertz CT molecular complexity index is 494. The number of benzene rings is 1. The number of anilines is 1. The number of hydrogen-bond acceptors (Lipinski definition) is 4. The van der Waals surface area contributed by atoms with Gasteiger partial charge in [-0.05, 0) is 18.6 Å². The smallest absolute Gasteiger partial charge is 0.183 e. The molecule has 0 fully saturated rings. The van der Waals surface area contributed by atoms with Gasteiger partial charge in [-0.1, -0.05) is 35.0 Å². The first-order chi connectivity index (χ1) is 8.72.